The number of aromatic hydroxyl groups is 1. The van der Waals surface area contributed by atoms with E-state index in [-0.39, 0.29) is 11.3 Å². The number of nitrogens with zero attached hydrogens (tertiary/aromatic N) is 1. The monoisotopic (exact) mass is 294 g/mol. The summed E-state index contributed by atoms with van der Waals surface area (Å²) in [6, 6.07) is 13.8. The first kappa shape index (κ1) is 13.9. The fourth-order valence-corrected chi connectivity index (χ4v) is 2.26. The van der Waals surface area contributed by atoms with Crippen molar-refractivity contribution in [3.63, 3.8) is 0 Å². The minimum absolute atomic E-state index is 0.00949. The number of aryl methyl sites for hydroxylation is 1. The van der Waals surface area contributed by atoms with Gasteiger partial charge in [0.2, 0.25) is 0 Å². The Balaban J connectivity index is 1.98. The molecule has 1 fully saturated rings. The second-order valence-electron chi connectivity index (χ2n) is 5.04. The summed E-state index contributed by atoms with van der Waals surface area (Å²) in [5.74, 6) is -0.913. The van der Waals surface area contributed by atoms with Gasteiger partial charge in [0, 0.05) is 5.56 Å². The molecule has 22 heavy (non-hydrogen) atoms. The Morgan fingerprint density at radius 1 is 1.09 bits per heavy atom. The fourth-order valence-electron chi connectivity index (χ4n) is 2.26. The predicted octanol–water partition coefficient (Wildman–Crippen LogP) is 2.16. The number of amides is 2. The molecule has 0 aromatic heterocycles. The molecule has 0 saturated carbocycles. The summed E-state index contributed by atoms with van der Waals surface area (Å²) in [5.41, 5.74) is 4.46. The zero-order chi connectivity index (χ0) is 15.7. The van der Waals surface area contributed by atoms with Crippen molar-refractivity contribution in [3.8, 4) is 5.75 Å². The average Bonchev–Trinajstić information content (AvgIpc) is 2.80. The molecule has 3 rings (SSSR count). The Morgan fingerprint density at radius 2 is 1.82 bits per heavy atom. The Kier molecular flexibility index (Phi) is 3.39. The standard InChI is InChI=1S/C17H14N2O3/c1-11-7-8-15(20)12(9-11)10-14-16(21)18-19(17(14)22)13-5-3-2-4-6-13/h2-10,20H,1H3,(H,18,21)/b14-10-. The van der Waals surface area contributed by atoms with E-state index < -0.39 is 11.8 Å². The van der Waals surface area contributed by atoms with Gasteiger partial charge in [-0.15, -0.1) is 0 Å². The molecule has 0 unspecified atom stereocenters. The maximum absolute atomic E-state index is 12.4. The molecule has 2 amide bonds. The van der Waals surface area contributed by atoms with E-state index in [2.05, 4.69) is 5.43 Å². The van der Waals surface area contributed by atoms with E-state index in [0.29, 0.717) is 11.3 Å². The van der Waals surface area contributed by atoms with Gasteiger partial charge in [-0.05, 0) is 37.3 Å². The maximum Gasteiger partial charge on any atom is 0.282 e. The molecule has 2 aromatic carbocycles. The van der Waals surface area contributed by atoms with Crippen molar-refractivity contribution in [1.82, 2.24) is 5.43 Å². The normalized spacial score (nSPS) is 16.2. The molecular formula is C17H14N2O3. The van der Waals surface area contributed by atoms with Crippen molar-refractivity contribution >= 4 is 23.6 Å². The van der Waals surface area contributed by atoms with Gasteiger partial charge in [0.05, 0.1) is 5.69 Å². The number of hydrogen-bond acceptors (Lipinski definition) is 3. The van der Waals surface area contributed by atoms with Crippen molar-refractivity contribution in [2.75, 3.05) is 5.01 Å². The van der Waals surface area contributed by atoms with Gasteiger partial charge in [-0.1, -0.05) is 29.8 Å². The molecule has 1 aliphatic rings. The summed E-state index contributed by atoms with van der Waals surface area (Å²) in [7, 11) is 0. The number of benzene rings is 2. The first-order chi connectivity index (χ1) is 10.6. The molecule has 110 valence electrons. The van der Waals surface area contributed by atoms with Crippen molar-refractivity contribution in [3.05, 3.63) is 65.2 Å². The lowest BCUT2D eigenvalue weighted by molar-refractivity contribution is -0.117. The van der Waals surface area contributed by atoms with Crippen LogP contribution in [-0.2, 0) is 9.59 Å². The van der Waals surface area contributed by atoms with E-state index in [9.17, 15) is 14.7 Å². The van der Waals surface area contributed by atoms with Crippen molar-refractivity contribution < 1.29 is 14.7 Å². The zero-order valence-electron chi connectivity index (χ0n) is 11.9. The summed E-state index contributed by atoms with van der Waals surface area (Å²) in [5, 5.41) is 11.0. The number of phenolic OH excluding ortho intramolecular Hbond substituents is 1. The number of phenols is 1. The zero-order valence-corrected chi connectivity index (χ0v) is 11.9. The highest BCUT2D eigenvalue weighted by Crippen LogP contribution is 2.25. The molecular weight excluding hydrogens is 280 g/mol. The number of anilines is 1. The molecule has 2 aromatic rings. The first-order valence-electron chi connectivity index (χ1n) is 6.78. The van der Waals surface area contributed by atoms with E-state index >= 15 is 0 Å². The average molecular weight is 294 g/mol. The van der Waals surface area contributed by atoms with Gasteiger partial charge in [-0.2, -0.15) is 0 Å². The number of hydrogen-bond donors (Lipinski definition) is 2. The third kappa shape index (κ3) is 2.44. The fraction of sp³-hybridized carbons (Fsp3) is 0.0588. The number of nitrogens with one attached hydrogen (secondary N) is 1. The molecule has 0 aliphatic carbocycles. The predicted molar refractivity (Wildman–Crippen MR) is 82.9 cm³/mol. The number of carbonyl (C=O) groups is 2. The summed E-state index contributed by atoms with van der Waals surface area (Å²) in [6.07, 6.45) is 1.41. The van der Waals surface area contributed by atoms with Gasteiger partial charge in [-0.25, -0.2) is 5.01 Å². The van der Waals surface area contributed by atoms with E-state index in [0.717, 1.165) is 5.56 Å². The van der Waals surface area contributed by atoms with Crippen LogP contribution in [0.3, 0.4) is 0 Å². The third-order valence-electron chi connectivity index (χ3n) is 3.39. The lowest BCUT2D eigenvalue weighted by atomic mass is 10.1. The topological polar surface area (TPSA) is 69.6 Å². The van der Waals surface area contributed by atoms with E-state index in [4.69, 9.17) is 0 Å². The van der Waals surface area contributed by atoms with E-state index in [1.165, 1.54) is 17.2 Å². The SMILES string of the molecule is Cc1ccc(O)c(/C=C2/C(=O)NN(c3ccccc3)C2=O)c1. The Labute approximate surface area is 127 Å². The highest BCUT2D eigenvalue weighted by atomic mass is 16.3. The summed E-state index contributed by atoms with van der Waals surface area (Å²) in [4.78, 5) is 24.5. The molecule has 5 heteroatoms. The van der Waals surface area contributed by atoms with Crippen molar-refractivity contribution in [2.24, 2.45) is 0 Å². The number of rotatable bonds is 2. The Morgan fingerprint density at radius 3 is 2.55 bits per heavy atom. The van der Waals surface area contributed by atoms with Crippen LogP contribution in [0.5, 0.6) is 5.75 Å². The van der Waals surface area contributed by atoms with Crippen LogP contribution < -0.4 is 10.4 Å². The highest BCUT2D eigenvalue weighted by molar-refractivity contribution is 6.31. The maximum atomic E-state index is 12.4. The smallest absolute Gasteiger partial charge is 0.282 e. The number of para-hydroxylation sites is 1. The Bertz CT molecular complexity index is 782. The molecule has 2 N–H and O–H groups in total. The van der Waals surface area contributed by atoms with Crippen LogP contribution >= 0.6 is 0 Å². The second kappa shape index (κ2) is 5.37. The lowest BCUT2D eigenvalue weighted by Gasteiger charge is -2.13. The van der Waals surface area contributed by atoms with Crippen LogP contribution in [0.4, 0.5) is 5.69 Å². The molecule has 0 spiro atoms. The van der Waals surface area contributed by atoms with Gasteiger partial charge in [0.1, 0.15) is 11.3 Å². The minimum atomic E-state index is -0.491. The van der Waals surface area contributed by atoms with Gasteiger partial charge in [0.25, 0.3) is 11.8 Å². The summed E-state index contributed by atoms with van der Waals surface area (Å²) in [6.45, 7) is 1.87. The minimum Gasteiger partial charge on any atom is -0.507 e. The molecule has 5 nitrogen and oxygen atoms in total. The van der Waals surface area contributed by atoms with Crippen LogP contribution in [0.2, 0.25) is 0 Å². The second-order valence-corrected chi connectivity index (χ2v) is 5.04. The molecule has 0 radical (unpaired) electrons. The Hall–Kier alpha value is -3.08. The molecule has 1 aliphatic heterocycles. The van der Waals surface area contributed by atoms with Gasteiger partial charge in [0.15, 0.2) is 0 Å². The number of carbonyl (C=O) groups excluding carboxylic acids is 2. The van der Waals surface area contributed by atoms with Crippen LogP contribution in [0.1, 0.15) is 11.1 Å². The van der Waals surface area contributed by atoms with Crippen molar-refractivity contribution in [1.29, 1.82) is 0 Å². The van der Waals surface area contributed by atoms with Crippen LogP contribution in [0, 0.1) is 6.92 Å². The quantitative estimate of drug-likeness (QED) is 0.658. The highest BCUT2D eigenvalue weighted by Gasteiger charge is 2.34. The third-order valence-corrected chi connectivity index (χ3v) is 3.39. The van der Waals surface area contributed by atoms with Gasteiger partial charge >= 0.3 is 0 Å². The number of hydrazine groups is 1. The van der Waals surface area contributed by atoms with Crippen molar-refractivity contribution in [2.45, 2.75) is 6.92 Å². The van der Waals surface area contributed by atoms with Gasteiger partial charge in [-0.3, -0.25) is 15.0 Å². The largest absolute Gasteiger partial charge is 0.507 e. The molecule has 1 saturated heterocycles. The van der Waals surface area contributed by atoms with E-state index in [1.54, 1.807) is 36.4 Å². The van der Waals surface area contributed by atoms with Crippen LogP contribution in [0.15, 0.2) is 54.1 Å². The van der Waals surface area contributed by atoms with Crippen LogP contribution in [-0.4, -0.2) is 16.9 Å². The molecule has 0 bridgehead atoms. The van der Waals surface area contributed by atoms with E-state index in [1.807, 2.05) is 13.0 Å². The lowest BCUT2D eigenvalue weighted by Crippen LogP contribution is -2.35. The molecule has 1 heterocycles. The molecule has 0 atom stereocenters. The summed E-state index contributed by atoms with van der Waals surface area (Å²) < 4.78 is 0. The van der Waals surface area contributed by atoms with Gasteiger partial charge < -0.3 is 5.11 Å². The van der Waals surface area contributed by atoms with Crippen LogP contribution in [0.25, 0.3) is 6.08 Å². The first-order valence-corrected chi connectivity index (χ1v) is 6.78. The summed E-state index contributed by atoms with van der Waals surface area (Å²) >= 11 is 0.